The zero-order valence-electron chi connectivity index (χ0n) is 12.6. The summed E-state index contributed by atoms with van der Waals surface area (Å²) in [6.45, 7) is -0.520. The molecule has 0 fully saturated rings. The quantitative estimate of drug-likeness (QED) is 0.619. The molecule has 0 saturated carbocycles. The molecule has 1 heterocycles. The van der Waals surface area contributed by atoms with E-state index in [1.807, 2.05) is 16.8 Å². The molecule has 0 bridgehead atoms. The molecule has 0 atom stereocenters. The molecular formula is C16H12F3NO4S. The largest absolute Gasteiger partial charge is 0.573 e. The first kappa shape index (κ1) is 18.5. The molecule has 0 aliphatic heterocycles. The number of hydrogen-bond acceptors (Lipinski definition) is 5. The Bertz CT molecular complexity index is 740. The van der Waals surface area contributed by atoms with Crippen molar-refractivity contribution < 1.29 is 32.2 Å². The third-order valence-corrected chi connectivity index (χ3v) is 3.37. The van der Waals surface area contributed by atoms with Crippen LogP contribution in [0.4, 0.5) is 18.9 Å². The highest BCUT2D eigenvalue weighted by Crippen LogP contribution is 2.23. The first-order valence-electron chi connectivity index (χ1n) is 6.84. The van der Waals surface area contributed by atoms with Crippen LogP contribution >= 0.6 is 11.3 Å². The number of nitrogens with one attached hydrogen (secondary N) is 1. The summed E-state index contributed by atoms with van der Waals surface area (Å²) in [4.78, 5) is 23.1. The summed E-state index contributed by atoms with van der Waals surface area (Å²) in [6.07, 6.45) is -2.04. The van der Waals surface area contributed by atoms with E-state index in [0.29, 0.717) is 0 Å². The minimum atomic E-state index is -4.78. The Kier molecular flexibility index (Phi) is 6.18. The summed E-state index contributed by atoms with van der Waals surface area (Å²) in [7, 11) is 0. The number of carbonyl (C=O) groups excluding carboxylic acids is 2. The molecule has 2 aromatic rings. The van der Waals surface area contributed by atoms with Gasteiger partial charge in [0.2, 0.25) is 0 Å². The molecule has 1 N–H and O–H groups in total. The molecule has 25 heavy (non-hydrogen) atoms. The Morgan fingerprint density at radius 2 is 1.88 bits per heavy atom. The van der Waals surface area contributed by atoms with Crippen LogP contribution in [0.25, 0.3) is 6.08 Å². The SMILES string of the molecule is O=C(COC(=O)/C=C/c1ccsc1)Nc1ccc(OC(F)(F)F)cc1. The van der Waals surface area contributed by atoms with Crippen LogP contribution in [0.2, 0.25) is 0 Å². The monoisotopic (exact) mass is 371 g/mol. The number of ether oxygens (including phenoxy) is 2. The average molecular weight is 371 g/mol. The van der Waals surface area contributed by atoms with Crippen molar-refractivity contribution in [1.82, 2.24) is 0 Å². The lowest BCUT2D eigenvalue weighted by molar-refractivity contribution is -0.274. The van der Waals surface area contributed by atoms with Crippen molar-refractivity contribution in [1.29, 1.82) is 0 Å². The fraction of sp³-hybridized carbons (Fsp3) is 0.125. The van der Waals surface area contributed by atoms with E-state index in [-0.39, 0.29) is 5.69 Å². The lowest BCUT2D eigenvalue weighted by Crippen LogP contribution is -2.20. The molecule has 2 rings (SSSR count). The Labute approximate surface area is 144 Å². The van der Waals surface area contributed by atoms with Crippen LogP contribution in [0.3, 0.4) is 0 Å². The number of alkyl halides is 3. The van der Waals surface area contributed by atoms with Crippen molar-refractivity contribution in [3.63, 3.8) is 0 Å². The van der Waals surface area contributed by atoms with Crippen LogP contribution in [-0.2, 0) is 14.3 Å². The highest BCUT2D eigenvalue weighted by Gasteiger charge is 2.30. The molecule has 5 nitrogen and oxygen atoms in total. The van der Waals surface area contributed by atoms with Gasteiger partial charge >= 0.3 is 12.3 Å². The maximum absolute atomic E-state index is 12.0. The second-order valence-corrected chi connectivity index (χ2v) is 5.40. The van der Waals surface area contributed by atoms with E-state index in [9.17, 15) is 22.8 Å². The van der Waals surface area contributed by atoms with E-state index in [2.05, 4.69) is 10.1 Å². The fourth-order valence-corrected chi connectivity index (χ4v) is 2.28. The van der Waals surface area contributed by atoms with Crippen molar-refractivity contribution in [3.8, 4) is 5.75 Å². The number of rotatable bonds is 6. The molecule has 9 heteroatoms. The molecule has 0 saturated heterocycles. The second-order valence-electron chi connectivity index (χ2n) is 4.62. The molecule has 0 spiro atoms. The Balaban J connectivity index is 1.77. The van der Waals surface area contributed by atoms with Crippen LogP contribution in [0.15, 0.2) is 47.2 Å². The van der Waals surface area contributed by atoms with E-state index >= 15 is 0 Å². The Morgan fingerprint density at radius 3 is 2.48 bits per heavy atom. The Morgan fingerprint density at radius 1 is 1.16 bits per heavy atom. The van der Waals surface area contributed by atoms with Crippen molar-refractivity contribution in [3.05, 3.63) is 52.7 Å². The smallest absolute Gasteiger partial charge is 0.452 e. The molecule has 1 aromatic heterocycles. The van der Waals surface area contributed by atoms with Gasteiger partial charge in [-0.25, -0.2) is 4.79 Å². The van der Waals surface area contributed by atoms with Gasteiger partial charge in [-0.1, -0.05) is 0 Å². The minimum Gasteiger partial charge on any atom is -0.452 e. The number of amides is 1. The maximum Gasteiger partial charge on any atom is 0.573 e. The van der Waals surface area contributed by atoms with Crippen molar-refractivity contribution in [2.75, 3.05) is 11.9 Å². The molecule has 1 amide bonds. The number of hydrogen-bond donors (Lipinski definition) is 1. The molecular weight excluding hydrogens is 359 g/mol. The normalized spacial score (nSPS) is 11.3. The van der Waals surface area contributed by atoms with Crippen LogP contribution in [0.5, 0.6) is 5.75 Å². The molecule has 0 aliphatic rings. The number of anilines is 1. The van der Waals surface area contributed by atoms with Crippen LogP contribution < -0.4 is 10.1 Å². The first-order valence-corrected chi connectivity index (χ1v) is 7.79. The molecule has 0 radical (unpaired) electrons. The van der Waals surface area contributed by atoms with E-state index in [1.165, 1.54) is 29.5 Å². The summed E-state index contributed by atoms with van der Waals surface area (Å²) in [5.41, 5.74) is 1.08. The third kappa shape index (κ3) is 7.08. The van der Waals surface area contributed by atoms with E-state index in [1.54, 1.807) is 6.08 Å². The molecule has 1 aromatic carbocycles. The zero-order valence-corrected chi connectivity index (χ0v) is 13.4. The molecule has 132 valence electrons. The van der Waals surface area contributed by atoms with Gasteiger partial charge in [0, 0.05) is 11.8 Å². The van der Waals surface area contributed by atoms with Gasteiger partial charge in [-0.15, -0.1) is 13.2 Å². The summed E-state index contributed by atoms with van der Waals surface area (Å²) in [6, 6.07) is 6.39. The van der Waals surface area contributed by atoms with E-state index in [0.717, 1.165) is 17.7 Å². The van der Waals surface area contributed by atoms with Crippen LogP contribution in [0, 0.1) is 0 Å². The molecule has 0 aliphatic carbocycles. The minimum absolute atomic E-state index is 0.240. The highest BCUT2D eigenvalue weighted by molar-refractivity contribution is 7.08. The topological polar surface area (TPSA) is 64.6 Å². The van der Waals surface area contributed by atoms with Crippen LogP contribution in [-0.4, -0.2) is 24.8 Å². The predicted octanol–water partition coefficient (Wildman–Crippen LogP) is 3.84. The van der Waals surface area contributed by atoms with E-state index < -0.39 is 30.6 Å². The van der Waals surface area contributed by atoms with Gasteiger partial charge in [0.1, 0.15) is 5.75 Å². The van der Waals surface area contributed by atoms with Gasteiger partial charge in [0.15, 0.2) is 6.61 Å². The second kappa shape index (κ2) is 8.34. The van der Waals surface area contributed by atoms with Gasteiger partial charge in [0.25, 0.3) is 5.91 Å². The predicted molar refractivity (Wildman–Crippen MR) is 86.1 cm³/mol. The van der Waals surface area contributed by atoms with Gasteiger partial charge in [0.05, 0.1) is 0 Å². The highest BCUT2D eigenvalue weighted by atomic mass is 32.1. The summed E-state index contributed by atoms with van der Waals surface area (Å²) < 4.78 is 44.6. The van der Waals surface area contributed by atoms with Gasteiger partial charge in [-0.2, -0.15) is 11.3 Å². The number of benzene rings is 1. The summed E-state index contributed by atoms with van der Waals surface area (Å²) in [5, 5.41) is 6.07. The number of thiophene rings is 1. The maximum atomic E-state index is 12.0. The zero-order chi connectivity index (χ0) is 18.3. The first-order chi connectivity index (χ1) is 11.8. The Hall–Kier alpha value is -2.81. The molecule has 0 unspecified atom stereocenters. The van der Waals surface area contributed by atoms with Crippen molar-refractivity contribution in [2.45, 2.75) is 6.36 Å². The summed E-state index contributed by atoms with van der Waals surface area (Å²) in [5.74, 6) is -1.72. The average Bonchev–Trinajstić information content (AvgIpc) is 3.05. The van der Waals surface area contributed by atoms with Crippen LogP contribution in [0.1, 0.15) is 5.56 Å². The van der Waals surface area contributed by atoms with Crippen molar-refractivity contribution in [2.24, 2.45) is 0 Å². The van der Waals surface area contributed by atoms with Crippen molar-refractivity contribution >= 4 is 35.0 Å². The fourth-order valence-electron chi connectivity index (χ4n) is 1.66. The lowest BCUT2D eigenvalue weighted by Gasteiger charge is -2.10. The number of esters is 1. The summed E-state index contributed by atoms with van der Waals surface area (Å²) >= 11 is 1.48. The number of halogens is 3. The van der Waals surface area contributed by atoms with Gasteiger partial charge < -0.3 is 14.8 Å². The standard InChI is InChI=1S/C16H12F3NO4S/c17-16(18,19)24-13-4-2-12(3-5-13)20-14(21)9-23-15(22)6-1-11-7-8-25-10-11/h1-8,10H,9H2,(H,20,21)/b6-1+. The number of carbonyl (C=O) groups is 2. The third-order valence-electron chi connectivity index (χ3n) is 2.67. The van der Waals surface area contributed by atoms with E-state index in [4.69, 9.17) is 4.74 Å². The lowest BCUT2D eigenvalue weighted by atomic mass is 10.3. The van der Waals surface area contributed by atoms with Gasteiger partial charge in [-0.3, -0.25) is 4.79 Å². The van der Waals surface area contributed by atoms with Gasteiger partial charge in [-0.05, 0) is 52.7 Å².